The number of hydrogen-bond donors (Lipinski definition) is 1. The van der Waals surface area contributed by atoms with Gasteiger partial charge in [-0.1, -0.05) is 35.9 Å². The molecule has 0 radical (unpaired) electrons. The smallest absolute Gasteiger partial charge is 0.0468 e. The number of aliphatic hydroxyl groups is 1. The monoisotopic (exact) mass is 236 g/mol. The van der Waals surface area contributed by atoms with Crippen LogP contribution in [0.25, 0.3) is 5.57 Å². The fraction of sp³-hybridized carbons (Fsp3) is 0.429. The van der Waals surface area contributed by atoms with E-state index in [9.17, 15) is 0 Å². The Labute approximate surface area is 102 Å². The SMILES string of the molecule is OCCC1=C(c2ccccc2)CCC(Cl)C1. The number of rotatable bonds is 3. The van der Waals surface area contributed by atoms with Crippen LogP contribution in [0.1, 0.15) is 31.2 Å². The third-order valence-electron chi connectivity index (χ3n) is 3.14. The molecule has 1 atom stereocenters. The van der Waals surface area contributed by atoms with Gasteiger partial charge in [0.2, 0.25) is 0 Å². The fourth-order valence-corrected chi connectivity index (χ4v) is 2.64. The average Bonchev–Trinajstić information content (AvgIpc) is 2.31. The first-order chi connectivity index (χ1) is 7.81. The summed E-state index contributed by atoms with van der Waals surface area (Å²) in [4.78, 5) is 0. The van der Waals surface area contributed by atoms with Crippen LogP contribution in [-0.2, 0) is 0 Å². The minimum Gasteiger partial charge on any atom is -0.396 e. The molecule has 1 N–H and O–H groups in total. The second-order valence-electron chi connectivity index (χ2n) is 4.26. The molecular formula is C14H17ClO. The maximum absolute atomic E-state index is 9.09. The highest BCUT2D eigenvalue weighted by molar-refractivity contribution is 6.21. The Hall–Kier alpha value is -0.790. The van der Waals surface area contributed by atoms with Crippen molar-refractivity contribution in [3.8, 4) is 0 Å². The normalized spacial score (nSPS) is 21.2. The zero-order valence-corrected chi connectivity index (χ0v) is 10.1. The van der Waals surface area contributed by atoms with Gasteiger partial charge in [-0.25, -0.2) is 0 Å². The molecule has 1 aliphatic carbocycles. The van der Waals surface area contributed by atoms with E-state index in [1.807, 2.05) is 6.07 Å². The molecule has 1 unspecified atom stereocenters. The van der Waals surface area contributed by atoms with Crippen LogP contribution in [0.15, 0.2) is 35.9 Å². The number of alkyl halides is 1. The van der Waals surface area contributed by atoms with E-state index in [0.29, 0.717) is 0 Å². The molecule has 2 heteroatoms. The molecule has 0 aromatic heterocycles. The van der Waals surface area contributed by atoms with E-state index >= 15 is 0 Å². The van der Waals surface area contributed by atoms with Crippen LogP contribution < -0.4 is 0 Å². The number of halogens is 1. The molecule has 1 nitrogen and oxygen atoms in total. The summed E-state index contributed by atoms with van der Waals surface area (Å²) in [6.07, 6.45) is 3.76. The maximum atomic E-state index is 9.09. The minimum absolute atomic E-state index is 0.218. The first-order valence-corrected chi connectivity index (χ1v) is 6.26. The summed E-state index contributed by atoms with van der Waals surface area (Å²) in [7, 11) is 0. The summed E-state index contributed by atoms with van der Waals surface area (Å²) < 4.78 is 0. The summed E-state index contributed by atoms with van der Waals surface area (Å²) in [6.45, 7) is 0.218. The van der Waals surface area contributed by atoms with Crippen LogP contribution in [0.4, 0.5) is 0 Å². The molecule has 1 aromatic carbocycles. The quantitative estimate of drug-likeness (QED) is 0.795. The minimum atomic E-state index is 0.218. The molecule has 0 heterocycles. The van der Waals surface area contributed by atoms with Gasteiger partial charge in [-0.05, 0) is 36.8 Å². The zero-order valence-electron chi connectivity index (χ0n) is 9.32. The lowest BCUT2D eigenvalue weighted by atomic mass is 9.86. The second-order valence-corrected chi connectivity index (χ2v) is 4.88. The summed E-state index contributed by atoms with van der Waals surface area (Å²) in [6, 6.07) is 10.4. The first kappa shape index (κ1) is 11.7. The fourth-order valence-electron chi connectivity index (χ4n) is 2.35. The van der Waals surface area contributed by atoms with Crippen molar-refractivity contribution in [2.75, 3.05) is 6.61 Å². The van der Waals surface area contributed by atoms with Gasteiger partial charge in [0.15, 0.2) is 0 Å². The largest absolute Gasteiger partial charge is 0.396 e. The molecule has 0 spiro atoms. The lowest BCUT2D eigenvalue weighted by Crippen LogP contribution is -2.10. The van der Waals surface area contributed by atoms with Gasteiger partial charge in [0.05, 0.1) is 0 Å². The van der Waals surface area contributed by atoms with Gasteiger partial charge >= 0.3 is 0 Å². The standard InChI is InChI=1S/C14H17ClO/c15-13-6-7-14(12(10-13)8-9-16)11-4-2-1-3-5-11/h1-5,13,16H,6-10H2. The van der Waals surface area contributed by atoms with E-state index < -0.39 is 0 Å². The molecule has 2 rings (SSSR count). The van der Waals surface area contributed by atoms with Crippen molar-refractivity contribution in [1.82, 2.24) is 0 Å². The Kier molecular flexibility index (Phi) is 4.03. The molecular weight excluding hydrogens is 220 g/mol. The Balaban J connectivity index is 2.31. The summed E-state index contributed by atoms with van der Waals surface area (Å²) in [5, 5.41) is 9.34. The molecule has 0 amide bonds. The van der Waals surface area contributed by atoms with Gasteiger partial charge in [0.25, 0.3) is 0 Å². The molecule has 0 saturated carbocycles. The Bertz CT molecular complexity index is 370. The van der Waals surface area contributed by atoms with Crippen LogP contribution in [0, 0.1) is 0 Å². The molecule has 16 heavy (non-hydrogen) atoms. The first-order valence-electron chi connectivity index (χ1n) is 5.82. The third-order valence-corrected chi connectivity index (χ3v) is 3.51. The van der Waals surface area contributed by atoms with Gasteiger partial charge in [-0.2, -0.15) is 0 Å². The van der Waals surface area contributed by atoms with E-state index in [0.717, 1.165) is 25.7 Å². The van der Waals surface area contributed by atoms with Gasteiger partial charge in [-0.3, -0.25) is 0 Å². The van der Waals surface area contributed by atoms with Gasteiger partial charge in [0.1, 0.15) is 0 Å². The molecule has 0 aliphatic heterocycles. The Morgan fingerprint density at radius 2 is 2.00 bits per heavy atom. The van der Waals surface area contributed by atoms with Gasteiger partial charge in [-0.15, -0.1) is 11.6 Å². The van der Waals surface area contributed by atoms with Crippen LogP contribution in [0.5, 0.6) is 0 Å². The predicted octanol–water partition coefficient (Wildman–Crippen LogP) is 3.61. The van der Waals surface area contributed by atoms with Crippen molar-refractivity contribution in [3.05, 3.63) is 41.5 Å². The number of aliphatic hydroxyl groups excluding tert-OH is 1. The highest BCUT2D eigenvalue weighted by Crippen LogP contribution is 2.35. The Morgan fingerprint density at radius 3 is 2.69 bits per heavy atom. The van der Waals surface area contributed by atoms with E-state index in [1.165, 1.54) is 16.7 Å². The molecule has 0 bridgehead atoms. The Morgan fingerprint density at radius 1 is 1.25 bits per heavy atom. The van der Waals surface area contributed by atoms with Crippen LogP contribution in [0.3, 0.4) is 0 Å². The summed E-state index contributed by atoms with van der Waals surface area (Å²) >= 11 is 6.18. The molecule has 0 fully saturated rings. The molecule has 1 aliphatic rings. The van der Waals surface area contributed by atoms with Gasteiger partial charge < -0.3 is 5.11 Å². The summed E-state index contributed by atoms with van der Waals surface area (Å²) in [5.74, 6) is 0. The lowest BCUT2D eigenvalue weighted by Gasteiger charge is -2.24. The van der Waals surface area contributed by atoms with Crippen molar-refractivity contribution in [1.29, 1.82) is 0 Å². The van der Waals surface area contributed by atoms with E-state index in [2.05, 4.69) is 24.3 Å². The summed E-state index contributed by atoms with van der Waals surface area (Å²) in [5.41, 5.74) is 4.01. The van der Waals surface area contributed by atoms with Crippen LogP contribution >= 0.6 is 11.6 Å². The third kappa shape index (κ3) is 2.66. The average molecular weight is 237 g/mol. The highest BCUT2D eigenvalue weighted by Gasteiger charge is 2.19. The second kappa shape index (κ2) is 5.51. The number of benzene rings is 1. The molecule has 0 saturated heterocycles. The van der Waals surface area contributed by atoms with Crippen LogP contribution in [-0.4, -0.2) is 17.1 Å². The van der Waals surface area contributed by atoms with Crippen molar-refractivity contribution >= 4 is 17.2 Å². The molecule has 1 aromatic rings. The lowest BCUT2D eigenvalue weighted by molar-refractivity contribution is 0.297. The van der Waals surface area contributed by atoms with Crippen molar-refractivity contribution in [2.24, 2.45) is 0 Å². The van der Waals surface area contributed by atoms with Crippen molar-refractivity contribution < 1.29 is 5.11 Å². The number of hydrogen-bond acceptors (Lipinski definition) is 1. The molecule has 86 valence electrons. The zero-order chi connectivity index (χ0) is 11.4. The van der Waals surface area contributed by atoms with Crippen LogP contribution in [0.2, 0.25) is 0 Å². The predicted molar refractivity (Wildman–Crippen MR) is 68.6 cm³/mol. The number of allylic oxidation sites excluding steroid dienone is 1. The van der Waals surface area contributed by atoms with Crippen molar-refractivity contribution in [3.63, 3.8) is 0 Å². The van der Waals surface area contributed by atoms with E-state index in [-0.39, 0.29) is 12.0 Å². The highest BCUT2D eigenvalue weighted by atomic mass is 35.5. The topological polar surface area (TPSA) is 20.2 Å². The van der Waals surface area contributed by atoms with Crippen molar-refractivity contribution in [2.45, 2.75) is 31.1 Å². The van der Waals surface area contributed by atoms with Gasteiger partial charge in [0, 0.05) is 12.0 Å². The van der Waals surface area contributed by atoms with E-state index in [1.54, 1.807) is 0 Å². The van der Waals surface area contributed by atoms with E-state index in [4.69, 9.17) is 16.7 Å². The maximum Gasteiger partial charge on any atom is 0.0468 e.